The largest absolute Gasteiger partial charge is 0.356 e. The van der Waals surface area contributed by atoms with Crippen molar-refractivity contribution >= 4 is 18.1 Å². The average molecular weight is 346 g/mol. The summed E-state index contributed by atoms with van der Waals surface area (Å²) in [6.07, 6.45) is 5.04. The summed E-state index contributed by atoms with van der Waals surface area (Å²) in [5, 5.41) is 10.1. The molecule has 0 bridgehead atoms. The van der Waals surface area contributed by atoms with Gasteiger partial charge in [0.1, 0.15) is 0 Å². The normalized spacial score (nSPS) is 10.8. The maximum atomic E-state index is 12.0. The Labute approximate surface area is 148 Å². The van der Waals surface area contributed by atoms with Crippen molar-refractivity contribution in [3.8, 4) is 11.4 Å². The third-order valence-electron chi connectivity index (χ3n) is 3.95. The summed E-state index contributed by atoms with van der Waals surface area (Å²) in [7, 11) is 0. The Kier molecular flexibility index (Phi) is 7.18. The molecule has 6 heteroatoms. The number of aromatic amines is 1. The van der Waals surface area contributed by atoms with Crippen LogP contribution in [0.5, 0.6) is 0 Å². The molecular formula is C18H26N4OS. The van der Waals surface area contributed by atoms with Gasteiger partial charge in [0.05, 0.1) is 0 Å². The Morgan fingerprint density at radius 1 is 1.33 bits per heavy atom. The number of nitrogens with one attached hydrogen (secondary N) is 2. The van der Waals surface area contributed by atoms with E-state index in [1.54, 1.807) is 0 Å². The molecule has 24 heavy (non-hydrogen) atoms. The fraction of sp³-hybridized carbons (Fsp3) is 0.500. The molecule has 2 rings (SSSR count). The van der Waals surface area contributed by atoms with E-state index in [0.717, 1.165) is 29.9 Å². The third kappa shape index (κ3) is 5.30. The fourth-order valence-electron chi connectivity index (χ4n) is 2.61. The summed E-state index contributed by atoms with van der Waals surface area (Å²) in [5.74, 6) is 0.837. The molecule has 0 saturated carbocycles. The van der Waals surface area contributed by atoms with Gasteiger partial charge < -0.3 is 5.32 Å². The number of benzene rings is 1. The Morgan fingerprint density at radius 3 is 2.92 bits per heavy atom. The molecule has 0 unspecified atom stereocenters. The molecule has 0 aliphatic heterocycles. The van der Waals surface area contributed by atoms with Crippen LogP contribution >= 0.6 is 12.2 Å². The van der Waals surface area contributed by atoms with Gasteiger partial charge in [-0.05, 0) is 31.6 Å². The minimum Gasteiger partial charge on any atom is -0.356 e. The topological polar surface area (TPSA) is 62.7 Å². The Bertz CT molecular complexity index is 720. The third-order valence-corrected chi connectivity index (χ3v) is 4.26. The molecule has 1 aromatic carbocycles. The zero-order valence-corrected chi connectivity index (χ0v) is 15.3. The van der Waals surface area contributed by atoms with Crippen LogP contribution in [0, 0.1) is 11.7 Å². The molecule has 0 saturated heterocycles. The summed E-state index contributed by atoms with van der Waals surface area (Å²) in [4.78, 5) is 12.0. The number of hydrogen-bond donors (Lipinski definition) is 2. The smallest absolute Gasteiger partial charge is 0.221 e. The van der Waals surface area contributed by atoms with Crippen LogP contribution in [0.1, 0.15) is 44.6 Å². The zero-order chi connectivity index (χ0) is 17.4. The van der Waals surface area contributed by atoms with Crippen molar-refractivity contribution in [3.63, 3.8) is 0 Å². The average Bonchev–Trinajstić information content (AvgIpc) is 2.93. The number of aryl methyl sites for hydroxylation is 1. The lowest BCUT2D eigenvalue weighted by Crippen LogP contribution is -2.25. The predicted octanol–water partition coefficient (Wildman–Crippen LogP) is 4.00. The quantitative estimate of drug-likeness (QED) is 0.533. The number of unbranched alkanes of at least 4 members (excludes halogenated alkanes) is 3. The number of hydrogen-bond acceptors (Lipinski definition) is 3. The van der Waals surface area contributed by atoms with Crippen LogP contribution < -0.4 is 5.32 Å². The number of aromatic nitrogens is 3. The van der Waals surface area contributed by atoms with Crippen molar-refractivity contribution in [1.29, 1.82) is 0 Å². The molecule has 0 aliphatic rings. The first kappa shape index (κ1) is 18.4. The summed E-state index contributed by atoms with van der Waals surface area (Å²) in [6, 6.07) is 8.11. The van der Waals surface area contributed by atoms with Gasteiger partial charge >= 0.3 is 0 Å². The molecular weight excluding hydrogens is 320 g/mol. The standard InChI is InChI=1S/C18H26N4OS/c1-3-4-5-6-11-19-16(23)10-12-22-17(20-21-18(22)24)15-9-7-8-14(2)13-15/h7-9,13H,3-6,10-12H2,1-2H3,(H,19,23)(H,21,24). The van der Waals surface area contributed by atoms with Gasteiger partial charge in [-0.2, -0.15) is 5.10 Å². The van der Waals surface area contributed by atoms with Gasteiger partial charge in [0.25, 0.3) is 0 Å². The zero-order valence-electron chi connectivity index (χ0n) is 14.5. The van der Waals surface area contributed by atoms with Gasteiger partial charge in [-0.15, -0.1) is 0 Å². The van der Waals surface area contributed by atoms with Crippen LogP contribution in [0.25, 0.3) is 11.4 Å². The van der Waals surface area contributed by atoms with Crippen molar-refractivity contribution in [2.75, 3.05) is 6.54 Å². The van der Waals surface area contributed by atoms with Crippen LogP contribution in [0.2, 0.25) is 0 Å². The van der Waals surface area contributed by atoms with E-state index in [0.29, 0.717) is 17.7 Å². The molecule has 1 heterocycles. The second-order valence-electron chi connectivity index (χ2n) is 6.03. The lowest BCUT2D eigenvalue weighted by molar-refractivity contribution is -0.121. The molecule has 1 amide bonds. The highest BCUT2D eigenvalue weighted by Crippen LogP contribution is 2.18. The van der Waals surface area contributed by atoms with Crippen LogP contribution in [0.3, 0.4) is 0 Å². The van der Waals surface area contributed by atoms with Crippen molar-refractivity contribution in [2.45, 2.75) is 52.5 Å². The maximum Gasteiger partial charge on any atom is 0.221 e. The number of carbonyl (C=O) groups is 1. The maximum absolute atomic E-state index is 12.0. The number of nitrogens with zero attached hydrogens (tertiary/aromatic N) is 2. The molecule has 0 radical (unpaired) electrons. The first-order valence-corrected chi connectivity index (χ1v) is 9.01. The molecule has 0 atom stereocenters. The minimum atomic E-state index is 0.0600. The fourth-order valence-corrected chi connectivity index (χ4v) is 2.83. The van der Waals surface area contributed by atoms with Gasteiger partial charge in [-0.3, -0.25) is 14.5 Å². The minimum absolute atomic E-state index is 0.0600. The van der Waals surface area contributed by atoms with Crippen molar-refractivity contribution in [3.05, 3.63) is 34.6 Å². The first-order chi connectivity index (χ1) is 11.6. The molecule has 2 aromatic rings. The van der Waals surface area contributed by atoms with E-state index in [-0.39, 0.29) is 5.91 Å². The Hall–Kier alpha value is -1.95. The molecule has 5 nitrogen and oxygen atoms in total. The van der Waals surface area contributed by atoms with Crippen LogP contribution in [0.4, 0.5) is 0 Å². The molecule has 2 N–H and O–H groups in total. The van der Waals surface area contributed by atoms with Crippen LogP contribution in [-0.4, -0.2) is 27.2 Å². The van der Waals surface area contributed by atoms with Crippen molar-refractivity contribution in [2.24, 2.45) is 0 Å². The van der Waals surface area contributed by atoms with E-state index < -0.39 is 0 Å². The monoisotopic (exact) mass is 346 g/mol. The van der Waals surface area contributed by atoms with Gasteiger partial charge in [0, 0.05) is 25.1 Å². The van der Waals surface area contributed by atoms with E-state index in [2.05, 4.69) is 28.5 Å². The number of amides is 1. The van der Waals surface area contributed by atoms with E-state index >= 15 is 0 Å². The van der Waals surface area contributed by atoms with Crippen molar-refractivity contribution < 1.29 is 4.79 Å². The molecule has 0 spiro atoms. The van der Waals surface area contributed by atoms with Crippen LogP contribution in [-0.2, 0) is 11.3 Å². The lowest BCUT2D eigenvalue weighted by Gasteiger charge is -2.08. The predicted molar refractivity (Wildman–Crippen MR) is 99.4 cm³/mol. The van der Waals surface area contributed by atoms with E-state index in [4.69, 9.17) is 12.2 Å². The molecule has 1 aromatic heterocycles. The van der Waals surface area contributed by atoms with Crippen molar-refractivity contribution in [1.82, 2.24) is 20.1 Å². The molecule has 130 valence electrons. The van der Waals surface area contributed by atoms with Gasteiger partial charge in [-0.1, -0.05) is 49.9 Å². The second kappa shape index (κ2) is 9.37. The van der Waals surface area contributed by atoms with Gasteiger partial charge in [-0.25, -0.2) is 0 Å². The Balaban J connectivity index is 1.92. The summed E-state index contributed by atoms with van der Waals surface area (Å²) in [6.45, 7) is 5.50. The van der Waals surface area contributed by atoms with E-state index in [9.17, 15) is 4.79 Å². The second-order valence-corrected chi connectivity index (χ2v) is 6.42. The lowest BCUT2D eigenvalue weighted by atomic mass is 10.1. The highest BCUT2D eigenvalue weighted by Gasteiger charge is 2.10. The summed E-state index contributed by atoms with van der Waals surface area (Å²) < 4.78 is 2.43. The highest BCUT2D eigenvalue weighted by atomic mass is 32.1. The van der Waals surface area contributed by atoms with E-state index in [1.165, 1.54) is 19.3 Å². The summed E-state index contributed by atoms with van der Waals surface area (Å²) in [5.41, 5.74) is 2.17. The molecule has 0 fully saturated rings. The van der Waals surface area contributed by atoms with Crippen LogP contribution in [0.15, 0.2) is 24.3 Å². The number of rotatable bonds is 9. The SMILES string of the molecule is CCCCCCNC(=O)CCn1c(-c2cccc(C)c2)n[nH]c1=S. The molecule has 0 aliphatic carbocycles. The van der Waals surface area contributed by atoms with Gasteiger partial charge in [0.2, 0.25) is 5.91 Å². The number of carbonyl (C=O) groups excluding carboxylic acids is 1. The Morgan fingerprint density at radius 2 is 2.17 bits per heavy atom. The summed E-state index contributed by atoms with van der Waals surface area (Å²) >= 11 is 5.31. The van der Waals surface area contributed by atoms with Gasteiger partial charge in [0.15, 0.2) is 10.6 Å². The first-order valence-electron chi connectivity index (χ1n) is 8.60. The van der Waals surface area contributed by atoms with E-state index in [1.807, 2.05) is 29.7 Å². The highest BCUT2D eigenvalue weighted by molar-refractivity contribution is 7.71. The number of H-pyrrole nitrogens is 1.